The minimum Gasteiger partial charge on any atom is -0.497 e. The molecule has 0 amide bonds. The third-order valence-corrected chi connectivity index (χ3v) is 3.94. The second kappa shape index (κ2) is 7.25. The molecular formula is C12H13ClO5S. The van der Waals surface area contributed by atoms with Crippen LogP contribution < -0.4 is 4.74 Å². The van der Waals surface area contributed by atoms with Crippen LogP contribution in [0.25, 0.3) is 0 Å². The third-order valence-electron chi connectivity index (χ3n) is 2.24. The van der Waals surface area contributed by atoms with Crippen LogP contribution in [0.4, 0.5) is 0 Å². The average Bonchev–Trinajstić information content (AvgIpc) is 2.30. The van der Waals surface area contributed by atoms with E-state index in [1.54, 1.807) is 18.2 Å². The van der Waals surface area contributed by atoms with Crippen molar-refractivity contribution in [3.63, 3.8) is 0 Å². The molecule has 5 nitrogen and oxygen atoms in total. The van der Waals surface area contributed by atoms with Gasteiger partial charge in [-0.15, -0.1) is 11.8 Å². The molecule has 0 saturated carbocycles. The van der Waals surface area contributed by atoms with Gasteiger partial charge in [0.05, 0.1) is 25.0 Å². The van der Waals surface area contributed by atoms with E-state index in [0.29, 0.717) is 15.7 Å². The maximum absolute atomic E-state index is 10.7. The minimum atomic E-state index is -1.04. The highest BCUT2D eigenvalue weighted by atomic mass is 35.5. The van der Waals surface area contributed by atoms with Gasteiger partial charge >= 0.3 is 11.9 Å². The van der Waals surface area contributed by atoms with Gasteiger partial charge in [0.1, 0.15) is 5.75 Å². The Morgan fingerprint density at radius 1 is 1.32 bits per heavy atom. The number of halogens is 1. The molecule has 0 fully saturated rings. The SMILES string of the molecule is COc1ccc(Cl)c(SC(CC(=O)O)CC(=O)O)c1. The number of hydrogen-bond acceptors (Lipinski definition) is 4. The summed E-state index contributed by atoms with van der Waals surface area (Å²) >= 11 is 7.13. The second-order valence-corrected chi connectivity index (χ2v) is 5.48. The fraction of sp³-hybridized carbons (Fsp3) is 0.333. The van der Waals surface area contributed by atoms with Crippen molar-refractivity contribution in [2.75, 3.05) is 7.11 Å². The van der Waals surface area contributed by atoms with Gasteiger partial charge in [-0.05, 0) is 18.2 Å². The number of hydrogen-bond donors (Lipinski definition) is 2. The molecule has 1 aromatic rings. The van der Waals surface area contributed by atoms with Crippen LogP contribution in [-0.4, -0.2) is 34.5 Å². The number of carbonyl (C=O) groups is 2. The fourth-order valence-corrected chi connectivity index (χ4v) is 2.85. The summed E-state index contributed by atoms with van der Waals surface area (Å²) in [6.07, 6.45) is -0.491. The number of thioether (sulfide) groups is 1. The average molecular weight is 305 g/mol. The predicted molar refractivity (Wildman–Crippen MR) is 72.2 cm³/mol. The Morgan fingerprint density at radius 2 is 1.89 bits per heavy atom. The lowest BCUT2D eigenvalue weighted by atomic mass is 10.2. The van der Waals surface area contributed by atoms with Crippen LogP contribution in [0.1, 0.15) is 12.8 Å². The predicted octanol–water partition coefficient (Wildman–Crippen LogP) is 2.76. The molecule has 0 heterocycles. The Labute approximate surface area is 119 Å². The number of carboxylic acids is 2. The molecule has 0 spiro atoms. The topological polar surface area (TPSA) is 83.8 Å². The van der Waals surface area contributed by atoms with Crippen molar-refractivity contribution in [2.24, 2.45) is 0 Å². The summed E-state index contributed by atoms with van der Waals surface area (Å²) in [5.41, 5.74) is 0. The van der Waals surface area contributed by atoms with Crippen molar-refractivity contribution in [3.8, 4) is 5.75 Å². The molecule has 0 aliphatic rings. The molecule has 0 radical (unpaired) electrons. The molecule has 1 aromatic carbocycles. The number of benzene rings is 1. The minimum absolute atomic E-state index is 0.246. The zero-order chi connectivity index (χ0) is 14.4. The standard InChI is InChI=1S/C12H13ClO5S/c1-18-7-2-3-9(13)10(4-7)19-8(5-11(14)15)6-12(16)17/h2-4,8H,5-6H2,1H3,(H,14,15)(H,16,17). The maximum atomic E-state index is 10.7. The molecule has 0 aliphatic carbocycles. The zero-order valence-corrected chi connectivity index (χ0v) is 11.7. The van der Waals surface area contributed by atoms with Crippen LogP contribution in [0.15, 0.2) is 23.1 Å². The van der Waals surface area contributed by atoms with Crippen LogP contribution in [0.3, 0.4) is 0 Å². The number of aliphatic carboxylic acids is 2. The Balaban J connectivity index is 2.88. The number of carboxylic acid groups (broad SMARTS) is 2. The van der Waals surface area contributed by atoms with Gasteiger partial charge < -0.3 is 14.9 Å². The molecule has 2 N–H and O–H groups in total. The fourth-order valence-electron chi connectivity index (χ4n) is 1.43. The molecule has 7 heteroatoms. The van der Waals surface area contributed by atoms with Gasteiger partial charge in [-0.1, -0.05) is 11.6 Å². The molecule has 0 atom stereocenters. The Bertz CT molecular complexity index is 461. The van der Waals surface area contributed by atoms with E-state index in [-0.39, 0.29) is 12.8 Å². The largest absolute Gasteiger partial charge is 0.497 e. The molecule has 0 saturated heterocycles. The lowest BCUT2D eigenvalue weighted by Gasteiger charge is -2.14. The molecule has 0 unspecified atom stereocenters. The first-order valence-corrected chi connectivity index (χ1v) is 6.62. The first-order valence-electron chi connectivity index (χ1n) is 5.36. The smallest absolute Gasteiger partial charge is 0.304 e. The third kappa shape index (κ3) is 5.40. The van der Waals surface area contributed by atoms with E-state index < -0.39 is 17.2 Å². The maximum Gasteiger partial charge on any atom is 0.304 e. The number of ether oxygens (including phenoxy) is 1. The van der Waals surface area contributed by atoms with Crippen LogP contribution >= 0.6 is 23.4 Å². The van der Waals surface area contributed by atoms with Gasteiger partial charge in [0.15, 0.2) is 0 Å². The van der Waals surface area contributed by atoms with E-state index >= 15 is 0 Å². The molecule has 19 heavy (non-hydrogen) atoms. The van der Waals surface area contributed by atoms with Gasteiger partial charge in [-0.2, -0.15) is 0 Å². The normalized spacial score (nSPS) is 10.5. The van der Waals surface area contributed by atoms with Crippen molar-refractivity contribution in [1.82, 2.24) is 0 Å². The quantitative estimate of drug-likeness (QED) is 0.754. The van der Waals surface area contributed by atoms with Gasteiger partial charge in [-0.25, -0.2) is 0 Å². The van der Waals surface area contributed by atoms with E-state index in [1.165, 1.54) is 7.11 Å². The van der Waals surface area contributed by atoms with E-state index in [4.69, 9.17) is 26.6 Å². The van der Waals surface area contributed by atoms with Crippen molar-refractivity contribution < 1.29 is 24.5 Å². The van der Waals surface area contributed by atoms with Crippen LogP contribution in [0, 0.1) is 0 Å². The number of rotatable bonds is 7. The van der Waals surface area contributed by atoms with Crippen molar-refractivity contribution in [1.29, 1.82) is 0 Å². The second-order valence-electron chi connectivity index (χ2n) is 3.73. The Morgan fingerprint density at radius 3 is 2.37 bits per heavy atom. The molecular weight excluding hydrogens is 292 g/mol. The zero-order valence-electron chi connectivity index (χ0n) is 10.1. The Hall–Kier alpha value is -1.40. The summed E-state index contributed by atoms with van der Waals surface area (Å²) in [5.74, 6) is -1.51. The summed E-state index contributed by atoms with van der Waals surface area (Å²) in [6.45, 7) is 0. The van der Waals surface area contributed by atoms with E-state index in [2.05, 4.69) is 0 Å². The van der Waals surface area contributed by atoms with Gasteiger partial charge in [0.25, 0.3) is 0 Å². The summed E-state index contributed by atoms with van der Waals surface area (Å²) < 4.78 is 5.05. The van der Waals surface area contributed by atoms with Gasteiger partial charge in [0.2, 0.25) is 0 Å². The molecule has 104 valence electrons. The summed E-state index contributed by atoms with van der Waals surface area (Å²) in [6, 6.07) is 4.96. The monoisotopic (exact) mass is 304 g/mol. The summed E-state index contributed by atoms with van der Waals surface area (Å²) in [7, 11) is 1.50. The van der Waals surface area contributed by atoms with Crippen LogP contribution in [0.5, 0.6) is 5.75 Å². The van der Waals surface area contributed by atoms with E-state index in [9.17, 15) is 9.59 Å². The highest BCUT2D eigenvalue weighted by molar-refractivity contribution is 8.00. The Kier molecular flexibility index (Phi) is 5.98. The highest BCUT2D eigenvalue weighted by Crippen LogP contribution is 2.35. The first-order chi connectivity index (χ1) is 8.92. The molecule has 0 aliphatic heterocycles. The summed E-state index contributed by atoms with van der Waals surface area (Å²) in [5, 5.41) is 17.4. The first kappa shape index (κ1) is 15.7. The number of methoxy groups -OCH3 is 1. The lowest BCUT2D eigenvalue weighted by Crippen LogP contribution is -2.14. The summed E-state index contributed by atoms with van der Waals surface area (Å²) in [4.78, 5) is 22.1. The molecule has 0 bridgehead atoms. The van der Waals surface area contributed by atoms with Crippen molar-refractivity contribution >= 4 is 35.3 Å². The van der Waals surface area contributed by atoms with Crippen molar-refractivity contribution in [3.05, 3.63) is 23.2 Å². The van der Waals surface area contributed by atoms with Gasteiger partial charge in [-0.3, -0.25) is 9.59 Å². The van der Waals surface area contributed by atoms with Crippen molar-refractivity contribution in [2.45, 2.75) is 23.0 Å². The van der Waals surface area contributed by atoms with E-state index in [0.717, 1.165) is 11.8 Å². The van der Waals surface area contributed by atoms with Crippen LogP contribution in [0.2, 0.25) is 5.02 Å². The van der Waals surface area contributed by atoms with Gasteiger partial charge in [0, 0.05) is 10.1 Å². The molecule has 1 rings (SSSR count). The van der Waals surface area contributed by atoms with Crippen LogP contribution in [-0.2, 0) is 9.59 Å². The highest BCUT2D eigenvalue weighted by Gasteiger charge is 2.19. The van der Waals surface area contributed by atoms with E-state index in [1.807, 2.05) is 0 Å². The molecule has 0 aromatic heterocycles. The lowest BCUT2D eigenvalue weighted by molar-refractivity contribution is -0.138.